The Balaban J connectivity index is 1.57. The predicted octanol–water partition coefficient (Wildman–Crippen LogP) is 3.06. The molecule has 3 rings (SSSR count). The van der Waals surface area contributed by atoms with Crippen LogP contribution < -0.4 is 9.47 Å². The van der Waals surface area contributed by atoms with E-state index in [1.165, 1.54) is 4.90 Å². The molecule has 1 heterocycles. The van der Waals surface area contributed by atoms with Gasteiger partial charge in [-0.05, 0) is 44.0 Å². The van der Waals surface area contributed by atoms with Gasteiger partial charge in [0.15, 0.2) is 0 Å². The summed E-state index contributed by atoms with van der Waals surface area (Å²) in [6, 6.07) is 7.13. The maximum absolute atomic E-state index is 12.9. The Morgan fingerprint density at radius 3 is 2.20 bits per heavy atom. The van der Waals surface area contributed by atoms with Gasteiger partial charge in [0, 0.05) is 7.05 Å². The van der Waals surface area contributed by atoms with E-state index in [4.69, 9.17) is 9.47 Å². The van der Waals surface area contributed by atoms with Crippen LogP contribution in [0.15, 0.2) is 24.3 Å². The molecule has 1 aromatic rings. The van der Waals surface area contributed by atoms with E-state index >= 15 is 0 Å². The summed E-state index contributed by atoms with van der Waals surface area (Å²) in [5.74, 6) is 1.43. The number of nitrogens with zero attached hydrogens (tertiary/aromatic N) is 2. The molecule has 0 atom stereocenters. The third-order valence-electron chi connectivity index (χ3n) is 5.20. The molecule has 6 heteroatoms. The highest BCUT2D eigenvalue weighted by Gasteiger charge is 2.55. The summed E-state index contributed by atoms with van der Waals surface area (Å²) < 4.78 is 11.1. The zero-order valence-electron chi connectivity index (χ0n) is 15.0. The predicted molar refractivity (Wildman–Crippen MR) is 93.8 cm³/mol. The molecule has 1 aliphatic heterocycles. The van der Waals surface area contributed by atoms with Crippen LogP contribution in [0.25, 0.3) is 0 Å². The van der Waals surface area contributed by atoms with Gasteiger partial charge in [-0.1, -0.05) is 19.3 Å². The van der Waals surface area contributed by atoms with Crippen molar-refractivity contribution in [3.05, 3.63) is 24.3 Å². The van der Waals surface area contributed by atoms with Crippen LogP contribution in [-0.4, -0.2) is 54.1 Å². The Hall–Kier alpha value is -2.24. The Labute approximate surface area is 148 Å². The summed E-state index contributed by atoms with van der Waals surface area (Å²) in [6.45, 7) is 3.12. The molecular weight excluding hydrogens is 320 g/mol. The molecule has 3 amide bonds. The highest BCUT2D eigenvalue weighted by Crippen LogP contribution is 2.39. The average molecular weight is 346 g/mol. The molecule has 1 saturated heterocycles. The SMILES string of the molecule is CCOc1ccc(OCCN2C(=O)N(C)C3(CCCCC3)C2=O)cc1. The Morgan fingerprint density at radius 1 is 1.00 bits per heavy atom. The van der Waals surface area contributed by atoms with Crippen LogP contribution in [0.5, 0.6) is 11.5 Å². The molecule has 0 radical (unpaired) electrons. The fourth-order valence-electron chi connectivity index (χ4n) is 3.78. The summed E-state index contributed by atoms with van der Waals surface area (Å²) >= 11 is 0. The van der Waals surface area contributed by atoms with E-state index in [-0.39, 0.29) is 25.1 Å². The zero-order chi connectivity index (χ0) is 17.9. The number of carbonyl (C=O) groups excluding carboxylic acids is 2. The third kappa shape index (κ3) is 3.30. The number of hydrogen-bond donors (Lipinski definition) is 0. The maximum atomic E-state index is 12.9. The summed E-state index contributed by atoms with van der Waals surface area (Å²) in [5, 5.41) is 0. The first-order valence-corrected chi connectivity index (χ1v) is 9.04. The highest BCUT2D eigenvalue weighted by atomic mass is 16.5. The molecule has 1 saturated carbocycles. The van der Waals surface area contributed by atoms with E-state index in [2.05, 4.69) is 0 Å². The Kier molecular flexibility index (Phi) is 5.16. The van der Waals surface area contributed by atoms with Gasteiger partial charge < -0.3 is 14.4 Å². The molecule has 2 fully saturated rings. The lowest BCUT2D eigenvalue weighted by molar-refractivity contribution is -0.134. The third-order valence-corrected chi connectivity index (χ3v) is 5.20. The molecular formula is C19H26N2O4. The standard InChI is InChI=1S/C19H26N2O4/c1-3-24-15-7-9-16(10-8-15)25-14-13-21-17(22)19(20(2)18(21)23)11-5-4-6-12-19/h7-10H,3-6,11-14H2,1-2H3. The van der Waals surface area contributed by atoms with Gasteiger partial charge in [-0.3, -0.25) is 9.69 Å². The second-order valence-electron chi connectivity index (χ2n) is 6.64. The zero-order valence-corrected chi connectivity index (χ0v) is 15.0. The minimum absolute atomic E-state index is 0.0602. The smallest absolute Gasteiger partial charge is 0.327 e. The molecule has 25 heavy (non-hydrogen) atoms. The van der Waals surface area contributed by atoms with Crippen LogP contribution in [-0.2, 0) is 4.79 Å². The van der Waals surface area contributed by atoms with Gasteiger partial charge in [0.25, 0.3) is 5.91 Å². The minimum Gasteiger partial charge on any atom is -0.494 e. The molecule has 136 valence electrons. The van der Waals surface area contributed by atoms with Crippen LogP contribution in [0.2, 0.25) is 0 Å². The van der Waals surface area contributed by atoms with E-state index in [9.17, 15) is 9.59 Å². The number of amides is 3. The fourth-order valence-corrected chi connectivity index (χ4v) is 3.78. The number of benzene rings is 1. The fraction of sp³-hybridized carbons (Fsp3) is 0.579. The molecule has 1 spiro atoms. The summed E-state index contributed by atoms with van der Waals surface area (Å²) in [5.41, 5.74) is -0.617. The lowest BCUT2D eigenvalue weighted by atomic mass is 9.81. The molecule has 0 N–H and O–H groups in total. The molecule has 0 bridgehead atoms. The van der Waals surface area contributed by atoms with E-state index in [1.807, 2.05) is 31.2 Å². The number of likely N-dealkylation sites (N-methyl/N-ethyl adjacent to an activating group) is 1. The second kappa shape index (κ2) is 7.33. The van der Waals surface area contributed by atoms with Crippen molar-refractivity contribution in [1.29, 1.82) is 0 Å². The van der Waals surface area contributed by atoms with E-state index in [0.29, 0.717) is 12.4 Å². The van der Waals surface area contributed by atoms with Crippen LogP contribution in [0.4, 0.5) is 4.79 Å². The first-order valence-electron chi connectivity index (χ1n) is 9.04. The van der Waals surface area contributed by atoms with Crippen molar-refractivity contribution in [2.45, 2.75) is 44.6 Å². The van der Waals surface area contributed by atoms with Crippen LogP contribution in [0.1, 0.15) is 39.0 Å². The lowest BCUT2D eigenvalue weighted by Crippen LogP contribution is -2.49. The Bertz CT molecular complexity index is 623. The van der Waals surface area contributed by atoms with Crippen molar-refractivity contribution >= 4 is 11.9 Å². The summed E-state index contributed by atoms with van der Waals surface area (Å²) in [6.07, 6.45) is 4.67. The molecule has 1 aliphatic carbocycles. The topological polar surface area (TPSA) is 59.1 Å². The van der Waals surface area contributed by atoms with Gasteiger partial charge >= 0.3 is 6.03 Å². The van der Waals surface area contributed by atoms with Gasteiger partial charge in [-0.2, -0.15) is 0 Å². The van der Waals surface area contributed by atoms with E-state index in [0.717, 1.165) is 37.9 Å². The van der Waals surface area contributed by atoms with Gasteiger partial charge in [0.2, 0.25) is 0 Å². The summed E-state index contributed by atoms with van der Waals surface area (Å²) in [4.78, 5) is 28.4. The quantitative estimate of drug-likeness (QED) is 0.743. The molecule has 0 unspecified atom stereocenters. The normalized spacial score (nSPS) is 19.6. The van der Waals surface area contributed by atoms with Crippen molar-refractivity contribution in [2.75, 3.05) is 26.8 Å². The first-order chi connectivity index (χ1) is 12.1. The highest BCUT2D eigenvalue weighted by molar-refractivity contribution is 6.06. The molecule has 6 nitrogen and oxygen atoms in total. The number of urea groups is 1. The Morgan fingerprint density at radius 2 is 1.60 bits per heavy atom. The molecule has 0 aromatic heterocycles. The van der Waals surface area contributed by atoms with Crippen LogP contribution in [0, 0.1) is 0 Å². The van der Waals surface area contributed by atoms with Crippen LogP contribution >= 0.6 is 0 Å². The summed E-state index contributed by atoms with van der Waals surface area (Å²) in [7, 11) is 1.75. The van der Waals surface area contributed by atoms with Crippen LogP contribution in [0.3, 0.4) is 0 Å². The van der Waals surface area contributed by atoms with Gasteiger partial charge in [0.1, 0.15) is 23.6 Å². The van der Waals surface area contributed by atoms with E-state index < -0.39 is 5.54 Å². The van der Waals surface area contributed by atoms with Crippen molar-refractivity contribution in [2.24, 2.45) is 0 Å². The number of carbonyl (C=O) groups is 2. The van der Waals surface area contributed by atoms with Gasteiger partial charge in [-0.15, -0.1) is 0 Å². The largest absolute Gasteiger partial charge is 0.494 e. The van der Waals surface area contributed by atoms with Gasteiger partial charge in [-0.25, -0.2) is 4.79 Å². The minimum atomic E-state index is -0.617. The molecule has 1 aromatic carbocycles. The maximum Gasteiger partial charge on any atom is 0.327 e. The van der Waals surface area contributed by atoms with Crippen molar-refractivity contribution in [1.82, 2.24) is 9.80 Å². The van der Waals surface area contributed by atoms with E-state index in [1.54, 1.807) is 11.9 Å². The average Bonchev–Trinajstić information content (AvgIpc) is 2.80. The second-order valence-corrected chi connectivity index (χ2v) is 6.64. The molecule has 2 aliphatic rings. The van der Waals surface area contributed by atoms with Crippen molar-refractivity contribution < 1.29 is 19.1 Å². The lowest BCUT2D eigenvalue weighted by Gasteiger charge is -2.35. The van der Waals surface area contributed by atoms with Gasteiger partial charge in [0.05, 0.1) is 13.2 Å². The van der Waals surface area contributed by atoms with Crippen molar-refractivity contribution in [3.8, 4) is 11.5 Å². The number of hydrogen-bond acceptors (Lipinski definition) is 4. The number of ether oxygens (including phenoxy) is 2. The van der Waals surface area contributed by atoms with Crippen molar-refractivity contribution in [3.63, 3.8) is 0 Å². The number of rotatable bonds is 6. The monoisotopic (exact) mass is 346 g/mol. The first kappa shape index (κ1) is 17.6. The number of imide groups is 1.